The molecule has 0 bridgehead atoms. The van der Waals surface area contributed by atoms with Gasteiger partial charge in [0.15, 0.2) is 5.82 Å². The van der Waals surface area contributed by atoms with Crippen molar-refractivity contribution in [1.82, 2.24) is 14.5 Å². The van der Waals surface area contributed by atoms with E-state index in [1.54, 1.807) is 0 Å². The first-order chi connectivity index (χ1) is 24.3. The number of aromatic nitrogens is 3. The molecule has 1 aliphatic rings. The number of rotatable bonds is 3. The second kappa shape index (κ2) is 9.96. The maximum Gasteiger partial charge on any atom is 0.160 e. The third-order valence-corrected chi connectivity index (χ3v) is 10.4. The van der Waals surface area contributed by atoms with Crippen LogP contribution < -0.4 is 0 Å². The van der Waals surface area contributed by atoms with E-state index in [4.69, 9.17) is 9.97 Å². The number of hydrogen-bond donors (Lipinski definition) is 0. The van der Waals surface area contributed by atoms with Gasteiger partial charge in [0.25, 0.3) is 0 Å². The molecule has 0 saturated heterocycles. The summed E-state index contributed by atoms with van der Waals surface area (Å²) < 4.78 is 2.37. The largest absolute Gasteiger partial charge is 0.309 e. The van der Waals surface area contributed by atoms with Crippen molar-refractivity contribution in [3.63, 3.8) is 0 Å². The van der Waals surface area contributed by atoms with Crippen molar-refractivity contribution in [2.45, 2.75) is 0 Å². The summed E-state index contributed by atoms with van der Waals surface area (Å²) >= 11 is 0. The minimum absolute atomic E-state index is 0.722. The highest BCUT2D eigenvalue weighted by Crippen LogP contribution is 2.49. The predicted molar refractivity (Wildman–Crippen MR) is 204 cm³/mol. The maximum atomic E-state index is 5.33. The van der Waals surface area contributed by atoms with E-state index >= 15 is 0 Å². The summed E-state index contributed by atoms with van der Waals surface area (Å²) in [6.45, 7) is 0. The van der Waals surface area contributed by atoms with E-state index in [-0.39, 0.29) is 0 Å². The molecule has 0 radical (unpaired) electrons. The van der Waals surface area contributed by atoms with Crippen molar-refractivity contribution < 1.29 is 0 Å². The van der Waals surface area contributed by atoms with Crippen LogP contribution >= 0.6 is 0 Å². The van der Waals surface area contributed by atoms with Crippen LogP contribution in [-0.4, -0.2) is 14.5 Å². The molecule has 0 atom stereocenters. The van der Waals surface area contributed by atoms with Crippen molar-refractivity contribution in [3.8, 4) is 50.6 Å². The lowest BCUT2D eigenvalue weighted by Gasteiger charge is -2.13. The van der Waals surface area contributed by atoms with E-state index in [2.05, 4.69) is 168 Å². The van der Waals surface area contributed by atoms with E-state index in [9.17, 15) is 0 Å². The van der Waals surface area contributed by atoms with Gasteiger partial charge >= 0.3 is 0 Å². The highest BCUT2D eigenvalue weighted by Gasteiger charge is 2.23. The first-order valence-electron chi connectivity index (χ1n) is 16.8. The van der Waals surface area contributed by atoms with E-state index < -0.39 is 0 Å². The number of benzene rings is 8. The lowest BCUT2D eigenvalue weighted by Crippen LogP contribution is -1.97. The second-order valence-corrected chi connectivity index (χ2v) is 12.9. The average molecular weight is 622 g/mol. The molecule has 0 unspecified atom stereocenters. The molecule has 3 heteroatoms. The molecule has 0 fully saturated rings. The summed E-state index contributed by atoms with van der Waals surface area (Å²) in [5, 5.41) is 8.64. The van der Waals surface area contributed by atoms with Crippen molar-refractivity contribution in [2.24, 2.45) is 0 Å². The molecule has 0 spiro atoms. The van der Waals surface area contributed by atoms with Gasteiger partial charge in [-0.3, -0.25) is 0 Å². The topological polar surface area (TPSA) is 30.7 Å². The zero-order chi connectivity index (χ0) is 32.1. The third kappa shape index (κ3) is 3.73. The summed E-state index contributed by atoms with van der Waals surface area (Å²) in [5.74, 6) is 0.722. The van der Waals surface area contributed by atoms with E-state index in [0.717, 1.165) is 39.2 Å². The van der Waals surface area contributed by atoms with Crippen LogP contribution in [0.4, 0.5) is 0 Å². The number of nitrogens with zero attached hydrogens (tertiary/aromatic N) is 3. The van der Waals surface area contributed by atoms with Crippen LogP contribution in [0.25, 0.3) is 105 Å². The molecule has 1 aliphatic carbocycles. The van der Waals surface area contributed by atoms with Crippen molar-refractivity contribution in [2.75, 3.05) is 0 Å². The summed E-state index contributed by atoms with van der Waals surface area (Å²) in [5.41, 5.74) is 12.7. The highest BCUT2D eigenvalue weighted by atomic mass is 15.0. The Morgan fingerprint density at radius 2 is 1.02 bits per heavy atom. The third-order valence-electron chi connectivity index (χ3n) is 10.4. The maximum absolute atomic E-state index is 5.33. The SMILES string of the molecule is c1ccc2c(c1)-c1cccc3c(-c4nc(-c5ccc(-n6c7ccccc7c7c8ccccc8ccc76)cc5)nc5ccccc45)ccc-2c13. The quantitative estimate of drug-likeness (QED) is 0.196. The predicted octanol–water partition coefficient (Wildman–Crippen LogP) is 12.0. The van der Waals surface area contributed by atoms with Gasteiger partial charge < -0.3 is 4.57 Å². The molecule has 0 N–H and O–H groups in total. The van der Waals surface area contributed by atoms with Gasteiger partial charge in [0.1, 0.15) is 0 Å². The summed E-state index contributed by atoms with van der Waals surface area (Å²) in [6.07, 6.45) is 0. The molecule has 2 heterocycles. The van der Waals surface area contributed by atoms with Gasteiger partial charge in [0.05, 0.1) is 22.2 Å². The fourth-order valence-corrected chi connectivity index (χ4v) is 8.20. The standard InChI is InChI=1S/C46H27N3/c1-2-11-31-28(10-1)22-27-42-44(31)39-15-6-8-19-41(39)49(42)30-23-20-29(21-24-30)46-47-40-18-7-5-14-38(40)45(48-46)37-26-25-36-33-13-4-3-12-32(33)34-16-9-17-35(37)43(34)36/h1-27H. The van der Waals surface area contributed by atoms with Crippen LogP contribution in [0.5, 0.6) is 0 Å². The molecule has 0 saturated carbocycles. The van der Waals surface area contributed by atoms with Gasteiger partial charge in [0.2, 0.25) is 0 Å². The van der Waals surface area contributed by atoms with Crippen LogP contribution in [0, 0.1) is 0 Å². The van der Waals surface area contributed by atoms with Crippen molar-refractivity contribution in [1.29, 1.82) is 0 Å². The fraction of sp³-hybridized carbons (Fsp3) is 0. The van der Waals surface area contributed by atoms with Gasteiger partial charge in [-0.25, -0.2) is 9.97 Å². The molecule has 0 amide bonds. The summed E-state index contributed by atoms with van der Waals surface area (Å²) in [7, 11) is 0. The van der Waals surface area contributed by atoms with Crippen molar-refractivity contribution >= 4 is 54.3 Å². The average Bonchev–Trinajstić information content (AvgIpc) is 3.69. The Morgan fingerprint density at radius 1 is 0.367 bits per heavy atom. The van der Waals surface area contributed by atoms with Gasteiger partial charge in [-0.15, -0.1) is 0 Å². The molecule has 2 aromatic heterocycles. The van der Waals surface area contributed by atoms with Gasteiger partial charge in [-0.2, -0.15) is 0 Å². The minimum atomic E-state index is 0.722. The molecule has 3 nitrogen and oxygen atoms in total. The molecule has 226 valence electrons. The Bertz CT molecular complexity index is 2960. The molecule has 8 aromatic carbocycles. The molecule has 49 heavy (non-hydrogen) atoms. The lowest BCUT2D eigenvalue weighted by molar-refractivity contribution is 1.17. The van der Waals surface area contributed by atoms with Crippen LogP contribution in [0.1, 0.15) is 0 Å². The van der Waals surface area contributed by atoms with Crippen LogP contribution in [-0.2, 0) is 0 Å². The summed E-state index contributed by atoms with van der Waals surface area (Å²) in [6, 6.07) is 58.8. The minimum Gasteiger partial charge on any atom is -0.309 e. The fourth-order valence-electron chi connectivity index (χ4n) is 8.20. The Morgan fingerprint density at radius 3 is 1.88 bits per heavy atom. The Labute approximate surface area is 282 Å². The first kappa shape index (κ1) is 26.5. The Hall–Kier alpha value is -6.58. The normalized spacial score (nSPS) is 12.1. The number of hydrogen-bond acceptors (Lipinski definition) is 2. The van der Waals surface area contributed by atoms with Crippen LogP contribution in [0.3, 0.4) is 0 Å². The van der Waals surface area contributed by atoms with Gasteiger partial charge in [-0.05, 0) is 86.3 Å². The van der Waals surface area contributed by atoms with E-state index in [1.165, 1.54) is 65.6 Å². The molecule has 0 aliphatic heterocycles. The second-order valence-electron chi connectivity index (χ2n) is 12.9. The zero-order valence-electron chi connectivity index (χ0n) is 26.4. The van der Waals surface area contributed by atoms with Crippen LogP contribution in [0.2, 0.25) is 0 Å². The molecule has 11 rings (SSSR count). The van der Waals surface area contributed by atoms with E-state index in [0.29, 0.717) is 0 Å². The zero-order valence-corrected chi connectivity index (χ0v) is 26.4. The lowest BCUT2D eigenvalue weighted by atomic mass is 9.95. The summed E-state index contributed by atoms with van der Waals surface area (Å²) in [4.78, 5) is 10.4. The van der Waals surface area contributed by atoms with Crippen LogP contribution in [0.15, 0.2) is 164 Å². The highest BCUT2D eigenvalue weighted by molar-refractivity contribution is 6.22. The number of para-hydroxylation sites is 2. The smallest absolute Gasteiger partial charge is 0.160 e. The number of fused-ring (bicyclic) bond motifs is 9. The molecular weight excluding hydrogens is 595 g/mol. The Balaban J connectivity index is 1.09. The molecular formula is C46H27N3. The molecule has 10 aromatic rings. The van der Waals surface area contributed by atoms with Gasteiger partial charge in [0, 0.05) is 33.0 Å². The monoisotopic (exact) mass is 621 g/mol. The van der Waals surface area contributed by atoms with Gasteiger partial charge in [-0.1, -0.05) is 121 Å². The van der Waals surface area contributed by atoms with E-state index in [1.807, 2.05) is 0 Å². The Kier molecular flexibility index (Phi) is 5.38. The van der Waals surface area contributed by atoms with Crippen molar-refractivity contribution in [3.05, 3.63) is 164 Å². The first-order valence-corrected chi connectivity index (χ1v) is 16.8.